The molecule has 50 heavy (non-hydrogen) atoms. The molecule has 0 saturated carbocycles. The third-order valence-corrected chi connectivity index (χ3v) is 7.96. The lowest BCUT2D eigenvalue weighted by molar-refractivity contribution is 0.0273. The maximum absolute atomic E-state index is 12.5. The van der Waals surface area contributed by atoms with Crippen LogP contribution in [-0.4, -0.2) is 76.6 Å². The first kappa shape index (κ1) is 38.5. The second-order valence-corrected chi connectivity index (χ2v) is 11.9. The molecule has 0 amide bonds. The fourth-order valence-electron chi connectivity index (χ4n) is 5.11. The molecule has 0 radical (unpaired) electrons. The van der Waals surface area contributed by atoms with Crippen molar-refractivity contribution in [3.63, 3.8) is 0 Å². The topological polar surface area (TPSA) is 89.5 Å². The first-order chi connectivity index (χ1) is 24.4. The Bertz CT molecular complexity index is 1440. The van der Waals surface area contributed by atoms with Crippen LogP contribution in [0.2, 0.25) is 0 Å². The maximum atomic E-state index is 12.5. The molecule has 0 N–H and O–H groups in total. The van der Waals surface area contributed by atoms with E-state index in [1.807, 2.05) is 111 Å². The van der Waals surface area contributed by atoms with E-state index in [9.17, 15) is 9.59 Å². The number of ketones is 2. The summed E-state index contributed by atoms with van der Waals surface area (Å²) in [6, 6.07) is 30.9. The van der Waals surface area contributed by atoms with Crippen LogP contribution in [-0.2, 0) is 18.9 Å². The summed E-state index contributed by atoms with van der Waals surface area (Å²) in [7, 11) is 0. The van der Waals surface area contributed by atoms with E-state index in [1.165, 1.54) is 0 Å². The average Bonchev–Trinajstić information content (AvgIpc) is 3.16. The molecule has 0 aliphatic heterocycles. The number of hydrogen-bond acceptors (Lipinski definition) is 8. The third-order valence-electron chi connectivity index (χ3n) is 7.96. The van der Waals surface area contributed by atoms with E-state index in [1.54, 1.807) is 13.8 Å². The molecule has 4 aromatic carbocycles. The quantitative estimate of drug-likeness (QED) is 0.0569. The van der Waals surface area contributed by atoms with Gasteiger partial charge in [0.15, 0.2) is 11.6 Å². The fraction of sp³-hybridized carbons (Fsp3) is 0.381. The van der Waals surface area contributed by atoms with Crippen LogP contribution < -0.4 is 9.47 Å². The molecule has 0 spiro atoms. The summed E-state index contributed by atoms with van der Waals surface area (Å²) in [5, 5.41) is 0. The molecule has 0 saturated heterocycles. The van der Waals surface area contributed by atoms with Gasteiger partial charge in [-0.25, -0.2) is 0 Å². The molecule has 2 unspecified atom stereocenters. The summed E-state index contributed by atoms with van der Waals surface area (Å²) in [5.74, 6) is 1.52. The molecule has 2 atom stereocenters. The Labute approximate surface area is 296 Å². The summed E-state index contributed by atoms with van der Waals surface area (Å²) in [4.78, 5) is 25.1. The average molecular weight is 683 g/mol. The highest BCUT2D eigenvalue weighted by Crippen LogP contribution is 2.25. The highest BCUT2D eigenvalue weighted by molar-refractivity contribution is 6.00. The van der Waals surface area contributed by atoms with Gasteiger partial charge in [0.2, 0.25) is 0 Å². The van der Waals surface area contributed by atoms with Crippen molar-refractivity contribution >= 4 is 11.6 Å². The minimum atomic E-state index is -0.442. The first-order valence-corrected chi connectivity index (χ1v) is 17.5. The van der Waals surface area contributed by atoms with Gasteiger partial charge in [-0.1, -0.05) is 86.6 Å². The third kappa shape index (κ3) is 12.2. The second-order valence-electron chi connectivity index (χ2n) is 11.9. The van der Waals surface area contributed by atoms with Crippen molar-refractivity contribution in [2.75, 3.05) is 52.9 Å². The smallest absolute Gasteiger partial charge is 0.191 e. The van der Waals surface area contributed by atoms with Crippen molar-refractivity contribution in [1.29, 1.82) is 0 Å². The molecular formula is C42H50O8. The van der Waals surface area contributed by atoms with Gasteiger partial charge in [0.25, 0.3) is 0 Å². The van der Waals surface area contributed by atoms with E-state index in [4.69, 9.17) is 28.4 Å². The molecule has 4 aromatic rings. The lowest BCUT2D eigenvalue weighted by Gasteiger charge is -2.12. The Hall–Kier alpha value is -4.34. The summed E-state index contributed by atoms with van der Waals surface area (Å²) < 4.78 is 34.0. The van der Waals surface area contributed by atoms with Crippen LogP contribution in [0.15, 0.2) is 97.1 Å². The second kappa shape index (κ2) is 21.0. The molecular weight excluding hydrogens is 632 g/mol. The van der Waals surface area contributed by atoms with Gasteiger partial charge in [0, 0.05) is 24.3 Å². The monoisotopic (exact) mass is 682 g/mol. The van der Waals surface area contributed by atoms with Crippen LogP contribution in [0.4, 0.5) is 0 Å². The van der Waals surface area contributed by atoms with E-state index in [-0.39, 0.29) is 11.6 Å². The Morgan fingerprint density at radius 3 is 1.06 bits per heavy atom. The predicted octanol–water partition coefficient (Wildman–Crippen LogP) is 8.51. The highest BCUT2D eigenvalue weighted by Gasteiger charge is 2.16. The van der Waals surface area contributed by atoms with Gasteiger partial charge in [0.1, 0.15) is 36.9 Å². The van der Waals surface area contributed by atoms with Crippen molar-refractivity contribution in [1.82, 2.24) is 0 Å². The molecule has 8 nitrogen and oxygen atoms in total. The SMILES string of the molecule is CCCOC(C)C(=O)c1ccc(-c2ccc(OCCOCCOCCOc3ccc(-c4ccc(C(=O)C(C)OCCC)cc4)cc3)cc2)cc1. The number of hydrogen-bond donors (Lipinski definition) is 0. The molecule has 0 aliphatic rings. The van der Waals surface area contributed by atoms with Crippen molar-refractivity contribution in [2.24, 2.45) is 0 Å². The molecule has 0 heterocycles. The van der Waals surface area contributed by atoms with Crippen molar-refractivity contribution in [3.05, 3.63) is 108 Å². The summed E-state index contributed by atoms with van der Waals surface area (Å²) in [6.45, 7) is 11.5. The van der Waals surface area contributed by atoms with Gasteiger partial charge in [-0.2, -0.15) is 0 Å². The van der Waals surface area contributed by atoms with Crippen molar-refractivity contribution in [2.45, 2.75) is 52.7 Å². The van der Waals surface area contributed by atoms with Crippen LogP contribution >= 0.6 is 0 Å². The normalized spacial score (nSPS) is 12.3. The van der Waals surface area contributed by atoms with Crippen LogP contribution in [0.25, 0.3) is 22.3 Å². The molecule has 0 aliphatic carbocycles. The van der Waals surface area contributed by atoms with E-state index < -0.39 is 12.2 Å². The number of ether oxygens (including phenoxy) is 6. The molecule has 0 aromatic heterocycles. The number of carbonyl (C=O) groups is 2. The standard InChI is InChI=1S/C42H50O8/c1-5-23-47-31(3)41(43)37-11-7-33(8-12-37)35-15-19-39(20-16-35)49-29-27-45-25-26-46-28-30-50-40-21-17-36(18-22-40)34-9-13-38(14-10-34)42(44)32(4)48-24-6-2/h7-22,31-32H,5-6,23-30H2,1-4H3. The van der Waals surface area contributed by atoms with Crippen molar-refractivity contribution in [3.8, 4) is 33.8 Å². The Morgan fingerprint density at radius 2 is 0.740 bits per heavy atom. The Balaban J connectivity index is 1.05. The Kier molecular flexibility index (Phi) is 16.2. The van der Waals surface area contributed by atoms with Gasteiger partial charge >= 0.3 is 0 Å². The van der Waals surface area contributed by atoms with Crippen molar-refractivity contribution < 1.29 is 38.0 Å². The van der Waals surface area contributed by atoms with E-state index in [0.29, 0.717) is 64.0 Å². The lowest BCUT2D eigenvalue weighted by atomic mass is 10.0. The van der Waals surface area contributed by atoms with Crippen LogP contribution in [0.5, 0.6) is 11.5 Å². The van der Waals surface area contributed by atoms with Gasteiger partial charge in [-0.3, -0.25) is 9.59 Å². The number of carbonyl (C=O) groups excluding carboxylic acids is 2. The Morgan fingerprint density at radius 1 is 0.440 bits per heavy atom. The van der Waals surface area contributed by atoms with Crippen LogP contribution in [0.3, 0.4) is 0 Å². The fourth-order valence-corrected chi connectivity index (χ4v) is 5.11. The zero-order chi connectivity index (χ0) is 35.6. The predicted molar refractivity (Wildman–Crippen MR) is 196 cm³/mol. The number of rotatable bonds is 23. The van der Waals surface area contributed by atoms with Crippen LogP contribution in [0, 0.1) is 0 Å². The molecule has 4 rings (SSSR count). The molecule has 8 heteroatoms. The minimum Gasteiger partial charge on any atom is -0.491 e. The molecule has 266 valence electrons. The molecule has 0 fully saturated rings. The molecule has 0 bridgehead atoms. The van der Waals surface area contributed by atoms with Gasteiger partial charge in [-0.05, 0) is 73.2 Å². The van der Waals surface area contributed by atoms with E-state index in [0.717, 1.165) is 46.6 Å². The summed E-state index contributed by atoms with van der Waals surface area (Å²) >= 11 is 0. The maximum Gasteiger partial charge on any atom is 0.191 e. The van der Waals surface area contributed by atoms with E-state index in [2.05, 4.69) is 0 Å². The van der Waals surface area contributed by atoms with Gasteiger partial charge < -0.3 is 28.4 Å². The summed E-state index contributed by atoms with van der Waals surface area (Å²) in [6.07, 6.45) is 0.882. The van der Waals surface area contributed by atoms with E-state index >= 15 is 0 Å². The zero-order valence-electron chi connectivity index (χ0n) is 29.7. The highest BCUT2D eigenvalue weighted by atomic mass is 16.6. The van der Waals surface area contributed by atoms with Crippen LogP contribution in [0.1, 0.15) is 61.3 Å². The van der Waals surface area contributed by atoms with Gasteiger partial charge in [0.05, 0.1) is 26.4 Å². The minimum absolute atomic E-state index is 0.00548. The zero-order valence-corrected chi connectivity index (χ0v) is 29.7. The largest absolute Gasteiger partial charge is 0.491 e. The summed E-state index contributed by atoms with van der Waals surface area (Å²) in [5.41, 5.74) is 5.44. The number of Topliss-reactive ketones (excluding diaryl/α,β-unsaturated/α-hetero) is 2. The lowest BCUT2D eigenvalue weighted by Crippen LogP contribution is -2.21. The van der Waals surface area contributed by atoms with Gasteiger partial charge in [-0.15, -0.1) is 0 Å². The first-order valence-electron chi connectivity index (χ1n) is 17.5. The number of benzene rings is 4.